The average Bonchev–Trinajstić information content (AvgIpc) is 2.50. The van der Waals surface area contributed by atoms with Gasteiger partial charge in [0.05, 0.1) is 0 Å². The van der Waals surface area contributed by atoms with Crippen molar-refractivity contribution in [1.29, 1.82) is 0 Å². The molecule has 2 N–H and O–H groups in total. The summed E-state index contributed by atoms with van der Waals surface area (Å²) in [5, 5.41) is 17.7. The summed E-state index contributed by atoms with van der Waals surface area (Å²) in [4.78, 5) is 0. The van der Waals surface area contributed by atoms with Gasteiger partial charge in [-0.05, 0) is 5.30 Å². The van der Waals surface area contributed by atoms with Crippen molar-refractivity contribution in [2.45, 2.75) is 35.9 Å². The van der Waals surface area contributed by atoms with Gasteiger partial charge >= 0.3 is 24.7 Å². The number of benzene rings is 1. The largest absolute Gasteiger partial charge is 0.426 e. The van der Waals surface area contributed by atoms with Gasteiger partial charge in [-0.3, -0.25) is 0 Å². The van der Waals surface area contributed by atoms with Crippen LogP contribution in [-0.4, -0.2) is 58.4 Å². The van der Waals surface area contributed by atoms with Crippen LogP contribution in [0.25, 0.3) is 0 Å². The molecule has 1 rings (SSSR count). The summed E-state index contributed by atoms with van der Waals surface area (Å²) >= 11 is 0. The lowest BCUT2D eigenvalue weighted by Gasteiger charge is -2.39. The van der Waals surface area contributed by atoms with E-state index in [-0.39, 0.29) is 0 Å². The molecule has 0 amide bonds. The van der Waals surface area contributed by atoms with Gasteiger partial charge in [0.15, 0.2) is 0 Å². The summed E-state index contributed by atoms with van der Waals surface area (Å²) in [7, 11) is -3.67. The van der Waals surface area contributed by atoms with E-state index in [1.165, 1.54) is 0 Å². The Morgan fingerprint density at radius 2 is 0.828 bits per heavy atom. The smallest absolute Gasteiger partial charge is 0.373 e. The molecule has 0 unspecified atom stereocenters. The van der Waals surface area contributed by atoms with Crippen molar-refractivity contribution in [1.82, 2.24) is 0 Å². The zero-order chi connectivity index (χ0) is 23.1. The van der Waals surface area contributed by atoms with Crippen LogP contribution in [-0.2, 0) is 0 Å². The highest BCUT2D eigenvalue weighted by atomic mass is 31.1. The second kappa shape index (κ2) is 7.77. The second-order valence-electron chi connectivity index (χ2n) is 5.90. The van der Waals surface area contributed by atoms with Gasteiger partial charge in [-0.1, -0.05) is 38.3 Å². The zero-order valence-corrected chi connectivity index (χ0v) is 14.6. The van der Waals surface area contributed by atoms with Gasteiger partial charge in [-0.15, -0.1) is 0 Å². The third-order valence-electron chi connectivity index (χ3n) is 3.84. The third-order valence-corrected chi connectivity index (χ3v) is 6.54. The number of alkyl halides is 12. The molecule has 0 fully saturated rings. The number of halogens is 12. The first kappa shape index (κ1) is 25.8. The molecule has 0 aromatic heterocycles. The Morgan fingerprint density at radius 3 is 1.07 bits per heavy atom. The maximum Gasteiger partial charge on any atom is 0.426 e. The monoisotopic (exact) mass is 470 g/mol. The minimum Gasteiger partial charge on any atom is -0.373 e. The minimum atomic E-state index is -6.46. The highest BCUT2D eigenvalue weighted by Crippen LogP contribution is 2.55. The summed E-state index contributed by atoms with van der Waals surface area (Å²) in [5.41, 5.74) is -11.2. The van der Waals surface area contributed by atoms with E-state index in [0.717, 1.165) is 18.2 Å². The molecular formula is C14H11F12O2P. The molecule has 15 heteroatoms. The Labute approximate surface area is 155 Å². The lowest BCUT2D eigenvalue weighted by Crippen LogP contribution is -2.62. The van der Waals surface area contributed by atoms with Gasteiger partial charge in [0, 0.05) is 12.3 Å². The molecule has 29 heavy (non-hydrogen) atoms. The van der Waals surface area contributed by atoms with Gasteiger partial charge in [-0.25, -0.2) is 0 Å². The normalized spacial score (nSPS) is 15.1. The summed E-state index contributed by atoms with van der Waals surface area (Å²) in [6.07, 6.45) is -31.0. The van der Waals surface area contributed by atoms with Gasteiger partial charge in [0.1, 0.15) is 0 Å². The molecule has 0 saturated carbocycles. The summed E-state index contributed by atoms with van der Waals surface area (Å²) in [6.45, 7) is 0. The van der Waals surface area contributed by atoms with Crippen LogP contribution in [0, 0.1) is 0 Å². The van der Waals surface area contributed by atoms with E-state index in [0.29, 0.717) is 12.1 Å². The first-order chi connectivity index (χ1) is 12.7. The van der Waals surface area contributed by atoms with Crippen LogP contribution in [0.15, 0.2) is 30.3 Å². The standard InChI is InChI=1S/C14H11F12O2P/c15-11(16,17)9(27,12(18,19)20)6-29(8-4-2-1-3-5-8)7-10(28,13(21,22)23)14(24,25)26/h1-5,27-28H,6-7H2. The van der Waals surface area contributed by atoms with Gasteiger partial charge in [0.25, 0.3) is 11.2 Å². The van der Waals surface area contributed by atoms with Crippen LogP contribution in [0.5, 0.6) is 0 Å². The molecule has 1 aromatic rings. The van der Waals surface area contributed by atoms with Crippen LogP contribution in [0.2, 0.25) is 0 Å². The Hall–Kier alpha value is -1.27. The first-order valence-electron chi connectivity index (χ1n) is 7.19. The van der Waals surface area contributed by atoms with Crippen molar-refractivity contribution in [3.8, 4) is 0 Å². The molecule has 1 aromatic carbocycles. The van der Waals surface area contributed by atoms with Crippen LogP contribution >= 0.6 is 7.92 Å². The molecule has 0 bridgehead atoms. The van der Waals surface area contributed by atoms with Crippen LogP contribution < -0.4 is 5.30 Å². The Balaban J connectivity index is 3.59. The maximum atomic E-state index is 12.9. The molecule has 0 radical (unpaired) electrons. The van der Waals surface area contributed by atoms with Gasteiger partial charge < -0.3 is 10.2 Å². The topological polar surface area (TPSA) is 40.5 Å². The van der Waals surface area contributed by atoms with Crippen LogP contribution in [0.1, 0.15) is 0 Å². The molecule has 0 atom stereocenters. The lowest BCUT2D eigenvalue weighted by molar-refractivity contribution is -0.360. The lowest BCUT2D eigenvalue weighted by atomic mass is 10.1. The molecule has 0 saturated heterocycles. The predicted octanol–water partition coefficient (Wildman–Crippen LogP) is 4.51. The Morgan fingerprint density at radius 1 is 0.552 bits per heavy atom. The predicted molar refractivity (Wildman–Crippen MR) is 76.8 cm³/mol. The number of aliphatic hydroxyl groups is 2. The van der Waals surface area contributed by atoms with Crippen molar-refractivity contribution in [2.75, 3.05) is 12.3 Å². The van der Waals surface area contributed by atoms with E-state index >= 15 is 0 Å². The van der Waals surface area contributed by atoms with E-state index in [2.05, 4.69) is 0 Å². The molecule has 0 aliphatic rings. The fourth-order valence-corrected chi connectivity index (χ4v) is 5.00. The average molecular weight is 470 g/mol. The van der Waals surface area contributed by atoms with Crippen molar-refractivity contribution < 1.29 is 62.9 Å². The van der Waals surface area contributed by atoms with E-state index in [9.17, 15) is 62.9 Å². The molecule has 0 aliphatic carbocycles. The molecule has 0 heterocycles. The Kier molecular flexibility index (Phi) is 6.90. The fourth-order valence-electron chi connectivity index (χ4n) is 2.11. The third kappa shape index (κ3) is 5.08. The quantitative estimate of drug-likeness (QED) is 0.492. The summed E-state index contributed by atoms with van der Waals surface area (Å²) in [6, 6.07) is 4.45. The van der Waals surface area contributed by atoms with E-state index in [4.69, 9.17) is 0 Å². The highest BCUT2D eigenvalue weighted by Gasteiger charge is 2.74. The summed E-state index contributed by atoms with van der Waals surface area (Å²) in [5.74, 6) is 0. The molecule has 2 nitrogen and oxygen atoms in total. The van der Waals surface area contributed by atoms with Crippen LogP contribution in [0.3, 0.4) is 0 Å². The fraction of sp³-hybridized carbons (Fsp3) is 0.571. The SMILES string of the molecule is OC(CP(CC(O)(C(F)(F)F)C(F)(F)F)c1ccccc1)(C(F)(F)F)C(F)(F)F. The van der Waals surface area contributed by atoms with Crippen molar-refractivity contribution in [3.05, 3.63) is 30.3 Å². The van der Waals surface area contributed by atoms with Crippen molar-refractivity contribution in [3.63, 3.8) is 0 Å². The first-order valence-corrected chi connectivity index (χ1v) is 8.90. The van der Waals surface area contributed by atoms with E-state index < -0.39 is 61.5 Å². The Bertz CT molecular complexity index is 609. The molecular weight excluding hydrogens is 459 g/mol. The van der Waals surface area contributed by atoms with Crippen molar-refractivity contribution in [2.24, 2.45) is 0 Å². The van der Waals surface area contributed by atoms with Crippen molar-refractivity contribution >= 4 is 13.2 Å². The number of rotatable bonds is 5. The van der Waals surface area contributed by atoms with Gasteiger partial charge in [0.2, 0.25) is 0 Å². The molecule has 168 valence electrons. The minimum absolute atomic E-state index is 0.700. The van der Waals surface area contributed by atoms with Crippen LogP contribution in [0.4, 0.5) is 52.7 Å². The molecule has 0 spiro atoms. The summed E-state index contributed by atoms with van der Waals surface area (Å²) < 4.78 is 155. The zero-order valence-electron chi connectivity index (χ0n) is 13.7. The number of hydrogen-bond donors (Lipinski definition) is 2. The van der Waals surface area contributed by atoms with E-state index in [1.54, 1.807) is 0 Å². The van der Waals surface area contributed by atoms with Gasteiger partial charge in [-0.2, -0.15) is 52.7 Å². The van der Waals surface area contributed by atoms with E-state index in [1.807, 2.05) is 0 Å². The second-order valence-corrected chi connectivity index (χ2v) is 8.13. The molecule has 0 aliphatic heterocycles. The highest BCUT2D eigenvalue weighted by molar-refractivity contribution is 7.65. The number of hydrogen-bond acceptors (Lipinski definition) is 2. The maximum absolute atomic E-state index is 12.9.